The zero-order valence-electron chi connectivity index (χ0n) is 18.8. The summed E-state index contributed by atoms with van der Waals surface area (Å²) in [4.78, 5) is 12.9. The lowest BCUT2D eigenvalue weighted by Gasteiger charge is -2.08. The maximum Gasteiger partial charge on any atom is 0.272 e. The molecule has 0 saturated carbocycles. The van der Waals surface area contributed by atoms with Crippen LogP contribution in [0.25, 0.3) is 42.6 Å². The van der Waals surface area contributed by atoms with Crippen LogP contribution in [0.2, 0.25) is 0 Å². The monoisotopic (exact) mass is 491 g/mol. The molecule has 35 heavy (non-hydrogen) atoms. The summed E-state index contributed by atoms with van der Waals surface area (Å²) in [6.07, 6.45) is -0.249. The average molecular weight is 492 g/mol. The van der Waals surface area contributed by atoms with Gasteiger partial charge in [0, 0.05) is 23.4 Å². The third-order valence-corrected chi connectivity index (χ3v) is 7.05. The molecule has 3 heterocycles. The smallest absolute Gasteiger partial charge is 0.272 e. The van der Waals surface area contributed by atoms with E-state index in [2.05, 4.69) is 21.4 Å². The van der Waals surface area contributed by atoms with Crippen molar-refractivity contribution in [2.75, 3.05) is 6.61 Å². The van der Waals surface area contributed by atoms with E-state index in [4.69, 9.17) is 4.74 Å². The van der Waals surface area contributed by atoms with Gasteiger partial charge in [-0.1, -0.05) is 25.1 Å². The average Bonchev–Trinajstić information content (AvgIpc) is 3.42. The quantitative estimate of drug-likeness (QED) is 0.348. The normalized spacial score (nSPS) is 11.4. The Hall–Kier alpha value is -4.10. The second kappa shape index (κ2) is 8.92. The summed E-state index contributed by atoms with van der Waals surface area (Å²) in [7, 11) is 1.78. The van der Waals surface area contributed by atoms with E-state index in [1.807, 2.05) is 19.1 Å². The Bertz CT molecular complexity index is 1680. The van der Waals surface area contributed by atoms with E-state index in [1.54, 1.807) is 42.2 Å². The maximum atomic E-state index is 12.8. The predicted molar refractivity (Wildman–Crippen MR) is 131 cm³/mol. The number of fused-ring (bicyclic) bond motifs is 2. The number of aromatic amines is 1. The fourth-order valence-electron chi connectivity index (χ4n) is 4.21. The lowest BCUT2D eigenvalue weighted by Crippen LogP contribution is -2.10. The van der Waals surface area contributed by atoms with Gasteiger partial charge in [0.15, 0.2) is 0 Å². The van der Waals surface area contributed by atoms with Crippen LogP contribution in [0.4, 0.5) is 8.78 Å². The summed E-state index contributed by atoms with van der Waals surface area (Å²) in [5.41, 5.74) is 3.23. The van der Waals surface area contributed by atoms with E-state index >= 15 is 0 Å². The number of H-pyrrole nitrogens is 1. The summed E-state index contributed by atoms with van der Waals surface area (Å²) in [6, 6.07) is 12.9. The third kappa shape index (κ3) is 3.84. The van der Waals surface area contributed by atoms with Crippen molar-refractivity contribution in [3.63, 3.8) is 0 Å². The lowest BCUT2D eigenvalue weighted by molar-refractivity contribution is 0.0827. The molecule has 176 valence electrons. The first-order chi connectivity index (χ1) is 16.9. The second-order valence-electron chi connectivity index (χ2n) is 7.90. The van der Waals surface area contributed by atoms with Crippen LogP contribution in [-0.2, 0) is 13.5 Å². The molecule has 1 N–H and O–H groups in total. The summed E-state index contributed by atoms with van der Waals surface area (Å²) in [6.45, 7) is 1.24. The number of thiophene rings is 1. The van der Waals surface area contributed by atoms with Crippen molar-refractivity contribution >= 4 is 32.2 Å². The van der Waals surface area contributed by atoms with Crippen molar-refractivity contribution in [1.29, 1.82) is 5.26 Å². The van der Waals surface area contributed by atoms with Crippen LogP contribution in [0, 0.1) is 11.3 Å². The molecule has 0 saturated heterocycles. The van der Waals surface area contributed by atoms with Crippen molar-refractivity contribution in [2.45, 2.75) is 19.8 Å². The molecule has 10 heteroatoms. The molecule has 0 amide bonds. The van der Waals surface area contributed by atoms with Gasteiger partial charge in [0.05, 0.1) is 38.1 Å². The Kier molecular flexibility index (Phi) is 5.78. The Morgan fingerprint density at radius 3 is 2.80 bits per heavy atom. The van der Waals surface area contributed by atoms with E-state index < -0.39 is 13.0 Å². The third-order valence-electron chi connectivity index (χ3n) is 5.82. The molecule has 0 radical (unpaired) electrons. The number of benzene rings is 2. The molecular weight excluding hydrogens is 472 g/mol. The Balaban J connectivity index is 1.72. The van der Waals surface area contributed by atoms with Gasteiger partial charge < -0.3 is 4.74 Å². The molecule has 7 nitrogen and oxygen atoms in total. The molecule has 3 aromatic heterocycles. The minimum Gasteiger partial charge on any atom is -0.486 e. The number of nitriles is 1. The molecule has 0 bridgehead atoms. The van der Waals surface area contributed by atoms with Crippen LogP contribution in [0.5, 0.6) is 5.75 Å². The molecular formula is C25H19F2N5O2S. The molecule has 5 aromatic rings. The minimum atomic E-state index is -2.61. The van der Waals surface area contributed by atoms with Crippen LogP contribution < -0.4 is 10.3 Å². The van der Waals surface area contributed by atoms with Crippen LogP contribution in [0.3, 0.4) is 0 Å². The van der Waals surface area contributed by atoms with Gasteiger partial charge in [-0.05, 0) is 30.2 Å². The molecule has 0 aliphatic heterocycles. The number of aryl methyl sites for hydroxylation is 2. The second-order valence-corrected chi connectivity index (χ2v) is 8.92. The highest BCUT2D eigenvalue weighted by atomic mass is 32.1. The zero-order chi connectivity index (χ0) is 24.7. The fraction of sp³-hybridized carbons (Fsp3) is 0.200. The van der Waals surface area contributed by atoms with Crippen molar-refractivity contribution < 1.29 is 13.5 Å². The molecule has 0 unspecified atom stereocenters. The predicted octanol–water partition coefficient (Wildman–Crippen LogP) is 5.28. The standard InChI is InChI=1S/C25H19F2N5O2S/c1-3-19-16-9-13(7-8-15(16)25(33)31-30-19)18-11-29-32(2)22(18)24-17(10-28)14-5-4-6-20(23(14)35-24)34-12-21(26)27/h4-9,11,21H,3,12H2,1-2H3,(H,31,33). The van der Waals surface area contributed by atoms with E-state index in [9.17, 15) is 18.8 Å². The van der Waals surface area contributed by atoms with E-state index in [1.165, 1.54) is 11.3 Å². The highest BCUT2D eigenvalue weighted by Crippen LogP contribution is 2.45. The topological polar surface area (TPSA) is 96.6 Å². The van der Waals surface area contributed by atoms with Gasteiger partial charge in [-0.3, -0.25) is 9.48 Å². The first-order valence-corrected chi connectivity index (χ1v) is 11.6. The van der Waals surface area contributed by atoms with Crippen molar-refractivity contribution in [3.8, 4) is 33.5 Å². The first kappa shape index (κ1) is 22.7. The van der Waals surface area contributed by atoms with Gasteiger partial charge in [0.1, 0.15) is 18.4 Å². The van der Waals surface area contributed by atoms with Crippen LogP contribution >= 0.6 is 11.3 Å². The van der Waals surface area contributed by atoms with Gasteiger partial charge in [-0.25, -0.2) is 13.9 Å². The van der Waals surface area contributed by atoms with E-state index in [-0.39, 0.29) is 5.56 Å². The summed E-state index contributed by atoms with van der Waals surface area (Å²) >= 11 is 1.30. The number of alkyl halides is 2. The number of halogens is 2. The van der Waals surface area contributed by atoms with Gasteiger partial charge in [-0.2, -0.15) is 15.5 Å². The van der Waals surface area contributed by atoms with Gasteiger partial charge >= 0.3 is 0 Å². The molecule has 5 rings (SSSR count). The molecule has 0 aliphatic rings. The maximum absolute atomic E-state index is 12.8. The summed E-state index contributed by atoms with van der Waals surface area (Å²) in [5.74, 6) is 0.308. The Morgan fingerprint density at radius 1 is 1.23 bits per heavy atom. The SMILES string of the molecule is CCc1n[nH]c(=O)c2ccc(-c3cnn(C)c3-c3sc4c(OCC(F)F)cccc4c3C#N)cc12. The fourth-order valence-corrected chi connectivity index (χ4v) is 5.52. The zero-order valence-corrected chi connectivity index (χ0v) is 19.6. The Labute approximate surface area is 202 Å². The molecule has 0 spiro atoms. The van der Waals surface area contributed by atoms with Gasteiger partial charge in [0.2, 0.25) is 0 Å². The van der Waals surface area contributed by atoms with Gasteiger partial charge in [-0.15, -0.1) is 11.3 Å². The molecule has 0 aliphatic carbocycles. The lowest BCUT2D eigenvalue weighted by atomic mass is 9.99. The van der Waals surface area contributed by atoms with Crippen molar-refractivity contribution in [3.05, 3.63) is 64.2 Å². The summed E-state index contributed by atoms with van der Waals surface area (Å²) in [5, 5.41) is 23.1. The molecule has 0 fully saturated rings. The largest absolute Gasteiger partial charge is 0.486 e. The number of rotatable bonds is 6. The number of aromatic nitrogens is 4. The highest BCUT2D eigenvalue weighted by Gasteiger charge is 2.23. The first-order valence-electron chi connectivity index (χ1n) is 10.8. The van der Waals surface area contributed by atoms with Crippen LogP contribution in [0.1, 0.15) is 18.2 Å². The Morgan fingerprint density at radius 2 is 2.06 bits per heavy atom. The summed E-state index contributed by atoms with van der Waals surface area (Å²) < 4.78 is 33.2. The number of nitrogens with zero attached hydrogens (tertiary/aromatic N) is 4. The number of hydrogen-bond acceptors (Lipinski definition) is 6. The minimum absolute atomic E-state index is 0.261. The van der Waals surface area contributed by atoms with E-state index in [0.717, 1.165) is 22.2 Å². The number of hydrogen-bond donors (Lipinski definition) is 1. The molecule has 2 aromatic carbocycles. The molecule has 0 atom stereocenters. The van der Waals surface area contributed by atoms with E-state index in [0.29, 0.717) is 43.8 Å². The van der Waals surface area contributed by atoms with Crippen molar-refractivity contribution in [1.82, 2.24) is 20.0 Å². The van der Waals surface area contributed by atoms with Gasteiger partial charge in [0.25, 0.3) is 12.0 Å². The number of ether oxygens (including phenoxy) is 1. The van der Waals surface area contributed by atoms with Crippen molar-refractivity contribution in [2.24, 2.45) is 7.05 Å². The van der Waals surface area contributed by atoms with Crippen LogP contribution in [-0.4, -0.2) is 33.0 Å². The van der Waals surface area contributed by atoms with Crippen LogP contribution in [0.15, 0.2) is 47.4 Å². The number of nitrogens with one attached hydrogen (secondary N) is 1. The highest BCUT2D eigenvalue weighted by molar-refractivity contribution is 7.23.